The Bertz CT molecular complexity index is 391. The maximum atomic E-state index is 6.23. The van der Waals surface area contributed by atoms with E-state index in [0.717, 1.165) is 35.8 Å². The van der Waals surface area contributed by atoms with Crippen LogP contribution in [-0.4, -0.2) is 26.7 Å². The third-order valence-electron chi connectivity index (χ3n) is 3.37. The van der Waals surface area contributed by atoms with Crippen molar-refractivity contribution in [1.82, 2.24) is 0 Å². The summed E-state index contributed by atoms with van der Waals surface area (Å²) in [5.41, 5.74) is 6.84. The Morgan fingerprint density at radius 1 is 1.47 bits per heavy atom. The predicted molar refractivity (Wildman–Crippen MR) is 72.0 cm³/mol. The highest BCUT2D eigenvalue weighted by Gasteiger charge is 2.27. The fourth-order valence-corrected chi connectivity index (χ4v) is 2.66. The van der Waals surface area contributed by atoms with Crippen LogP contribution in [-0.2, 0) is 0 Å². The third-order valence-corrected chi connectivity index (χ3v) is 3.67. The average molecular weight is 255 g/mol. The van der Waals surface area contributed by atoms with E-state index in [1.165, 1.54) is 0 Å². The molecule has 0 atom stereocenters. The zero-order valence-corrected chi connectivity index (χ0v) is 11.1. The molecule has 0 heterocycles. The molecule has 2 rings (SSSR count). The first-order valence-corrected chi connectivity index (χ1v) is 6.28. The van der Waals surface area contributed by atoms with Gasteiger partial charge < -0.3 is 15.4 Å². The molecule has 1 fully saturated rings. The summed E-state index contributed by atoms with van der Waals surface area (Å²) >= 11 is 6.23. The van der Waals surface area contributed by atoms with Gasteiger partial charge in [0.05, 0.1) is 17.8 Å². The molecule has 1 saturated carbocycles. The van der Waals surface area contributed by atoms with Gasteiger partial charge >= 0.3 is 0 Å². The lowest BCUT2D eigenvalue weighted by Gasteiger charge is -2.36. The highest BCUT2D eigenvalue weighted by Crippen LogP contribution is 2.32. The molecule has 4 heteroatoms. The topological polar surface area (TPSA) is 38.5 Å². The smallest absolute Gasteiger partial charge is 0.120 e. The van der Waals surface area contributed by atoms with E-state index >= 15 is 0 Å². The van der Waals surface area contributed by atoms with Crippen LogP contribution in [0.1, 0.15) is 12.8 Å². The molecule has 0 saturated heterocycles. The number of nitrogens with zero attached hydrogens (tertiary/aromatic N) is 1. The second-order valence-corrected chi connectivity index (χ2v) is 5.20. The number of ether oxygens (including phenoxy) is 1. The van der Waals surface area contributed by atoms with E-state index in [-0.39, 0.29) is 0 Å². The van der Waals surface area contributed by atoms with E-state index in [4.69, 9.17) is 22.1 Å². The Morgan fingerprint density at radius 2 is 2.18 bits per heavy atom. The van der Waals surface area contributed by atoms with Gasteiger partial charge in [0.15, 0.2) is 0 Å². The molecular weight excluding hydrogens is 236 g/mol. The number of halogens is 1. The minimum absolute atomic E-state index is 0.403. The van der Waals surface area contributed by atoms with E-state index in [0.29, 0.717) is 12.0 Å². The van der Waals surface area contributed by atoms with Crippen LogP contribution in [0.4, 0.5) is 5.69 Å². The standard InChI is InChI=1S/C13H19ClN2O/c1-16(8-9-5-10(15)6-9)13-4-3-11(17-2)7-12(13)14/h3-4,7,9-10H,5-6,8,15H2,1-2H3. The molecule has 17 heavy (non-hydrogen) atoms. The summed E-state index contributed by atoms with van der Waals surface area (Å²) in [5, 5.41) is 0.732. The Labute approximate surface area is 107 Å². The van der Waals surface area contributed by atoms with Crippen molar-refractivity contribution in [2.24, 2.45) is 11.7 Å². The van der Waals surface area contributed by atoms with Gasteiger partial charge in [-0.3, -0.25) is 0 Å². The lowest BCUT2D eigenvalue weighted by molar-refractivity contribution is 0.271. The van der Waals surface area contributed by atoms with E-state index in [1.54, 1.807) is 7.11 Å². The monoisotopic (exact) mass is 254 g/mol. The normalized spacial score (nSPS) is 23.1. The van der Waals surface area contributed by atoms with Crippen molar-refractivity contribution in [2.75, 3.05) is 25.6 Å². The van der Waals surface area contributed by atoms with Gasteiger partial charge in [-0.15, -0.1) is 0 Å². The van der Waals surface area contributed by atoms with E-state index < -0.39 is 0 Å². The molecule has 94 valence electrons. The number of nitrogens with two attached hydrogens (primary N) is 1. The lowest BCUT2D eigenvalue weighted by atomic mass is 9.80. The van der Waals surface area contributed by atoms with Crippen molar-refractivity contribution < 1.29 is 4.74 Å². The lowest BCUT2D eigenvalue weighted by Crippen LogP contribution is -2.41. The van der Waals surface area contributed by atoms with Crippen LogP contribution in [0.5, 0.6) is 5.75 Å². The Balaban J connectivity index is 2.01. The molecule has 1 aliphatic rings. The fourth-order valence-electron chi connectivity index (χ4n) is 2.35. The molecule has 0 amide bonds. The first-order valence-electron chi connectivity index (χ1n) is 5.90. The number of rotatable bonds is 4. The van der Waals surface area contributed by atoms with E-state index in [2.05, 4.69) is 11.9 Å². The van der Waals surface area contributed by atoms with Gasteiger partial charge in [-0.1, -0.05) is 11.6 Å². The minimum Gasteiger partial charge on any atom is -0.497 e. The third kappa shape index (κ3) is 2.85. The van der Waals surface area contributed by atoms with Crippen molar-refractivity contribution in [3.63, 3.8) is 0 Å². The zero-order chi connectivity index (χ0) is 12.4. The van der Waals surface area contributed by atoms with Crippen molar-refractivity contribution in [3.8, 4) is 5.75 Å². The first kappa shape index (κ1) is 12.5. The zero-order valence-electron chi connectivity index (χ0n) is 10.3. The Hall–Kier alpha value is -0.930. The Kier molecular flexibility index (Phi) is 3.79. The van der Waals surface area contributed by atoms with Gasteiger partial charge in [-0.25, -0.2) is 0 Å². The van der Waals surface area contributed by atoms with Gasteiger partial charge in [-0.05, 0) is 30.9 Å². The SMILES string of the molecule is COc1ccc(N(C)CC2CC(N)C2)c(Cl)c1. The molecular formula is C13H19ClN2O. The van der Waals surface area contributed by atoms with Crippen LogP contribution >= 0.6 is 11.6 Å². The van der Waals surface area contributed by atoms with Crippen molar-refractivity contribution in [3.05, 3.63) is 23.2 Å². The van der Waals surface area contributed by atoms with Crippen LogP contribution in [0.3, 0.4) is 0 Å². The predicted octanol–water partition coefficient (Wildman–Crippen LogP) is 2.52. The minimum atomic E-state index is 0.403. The van der Waals surface area contributed by atoms with Crippen LogP contribution in [0.15, 0.2) is 18.2 Å². The molecule has 0 spiro atoms. The summed E-state index contributed by atoms with van der Waals surface area (Å²) < 4.78 is 5.14. The van der Waals surface area contributed by atoms with Gasteiger partial charge in [-0.2, -0.15) is 0 Å². The summed E-state index contributed by atoms with van der Waals surface area (Å²) in [5.74, 6) is 1.49. The van der Waals surface area contributed by atoms with Crippen LogP contribution < -0.4 is 15.4 Å². The molecule has 1 aromatic rings. The van der Waals surface area contributed by atoms with Gasteiger partial charge in [0.25, 0.3) is 0 Å². The number of benzene rings is 1. The molecule has 1 aliphatic carbocycles. The van der Waals surface area contributed by atoms with Crippen LogP contribution in [0, 0.1) is 5.92 Å². The average Bonchev–Trinajstić information content (AvgIpc) is 2.26. The second kappa shape index (κ2) is 5.15. The maximum absolute atomic E-state index is 6.23. The van der Waals surface area contributed by atoms with Gasteiger partial charge in [0.2, 0.25) is 0 Å². The summed E-state index contributed by atoms with van der Waals surface area (Å²) in [4.78, 5) is 2.19. The summed E-state index contributed by atoms with van der Waals surface area (Å²) in [6.07, 6.45) is 2.25. The summed E-state index contributed by atoms with van der Waals surface area (Å²) in [6, 6.07) is 6.18. The molecule has 0 unspecified atom stereocenters. The first-order chi connectivity index (χ1) is 8.10. The van der Waals surface area contributed by atoms with E-state index in [9.17, 15) is 0 Å². The number of methoxy groups -OCH3 is 1. The number of hydrogen-bond acceptors (Lipinski definition) is 3. The second-order valence-electron chi connectivity index (χ2n) is 4.80. The Morgan fingerprint density at radius 3 is 2.71 bits per heavy atom. The molecule has 1 aromatic carbocycles. The van der Waals surface area contributed by atoms with Crippen molar-refractivity contribution in [2.45, 2.75) is 18.9 Å². The number of anilines is 1. The van der Waals surface area contributed by atoms with E-state index in [1.807, 2.05) is 18.2 Å². The summed E-state index contributed by atoms with van der Waals surface area (Å²) in [6.45, 7) is 1.01. The highest BCUT2D eigenvalue weighted by atomic mass is 35.5. The molecule has 0 bridgehead atoms. The highest BCUT2D eigenvalue weighted by molar-refractivity contribution is 6.33. The quantitative estimate of drug-likeness (QED) is 0.897. The molecule has 2 N–H and O–H groups in total. The van der Waals surface area contributed by atoms with Crippen LogP contribution in [0.2, 0.25) is 5.02 Å². The van der Waals surface area contributed by atoms with Gasteiger partial charge in [0, 0.05) is 25.7 Å². The van der Waals surface area contributed by atoms with Gasteiger partial charge in [0.1, 0.15) is 5.75 Å². The summed E-state index contributed by atoms with van der Waals surface area (Å²) in [7, 11) is 3.71. The molecule has 0 radical (unpaired) electrons. The van der Waals surface area contributed by atoms with Crippen LogP contribution in [0.25, 0.3) is 0 Å². The van der Waals surface area contributed by atoms with Crippen molar-refractivity contribution >= 4 is 17.3 Å². The fraction of sp³-hybridized carbons (Fsp3) is 0.538. The molecule has 3 nitrogen and oxygen atoms in total. The molecule has 0 aliphatic heterocycles. The number of hydrogen-bond donors (Lipinski definition) is 1. The van der Waals surface area contributed by atoms with Crippen molar-refractivity contribution in [1.29, 1.82) is 0 Å². The largest absolute Gasteiger partial charge is 0.497 e. The maximum Gasteiger partial charge on any atom is 0.120 e. The molecule has 0 aromatic heterocycles.